The Morgan fingerprint density at radius 1 is 0.909 bits per heavy atom. The predicted molar refractivity (Wildman–Crippen MR) is 126 cm³/mol. The van der Waals surface area contributed by atoms with Gasteiger partial charge in [-0.3, -0.25) is 9.67 Å². The second-order valence-electron chi connectivity index (χ2n) is 7.69. The molecular weight excluding hydrogens is 416 g/mol. The van der Waals surface area contributed by atoms with E-state index in [0.717, 1.165) is 28.1 Å². The lowest BCUT2D eigenvalue weighted by molar-refractivity contribution is 0.277. The summed E-state index contributed by atoms with van der Waals surface area (Å²) in [4.78, 5) is 14.5. The first kappa shape index (κ1) is 20.4. The van der Waals surface area contributed by atoms with Gasteiger partial charge < -0.3 is 14.7 Å². The van der Waals surface area contributed by atoms with E-state index in [2.05, 4.69) is 49.2 Å². The van der Waals surface area contributed by atoms with Gasteiger partial charge in [0, 0.05) is 43.4 Å². The molecule has 0 saturated carbocycles. The minimum Gasteiger partial charge on any atom is -0.493 e. The fourth-order valence-corrected chi connectivity index (χ4v) is 3.57. The zero-order valence-electron chi connectivity index (χ0n) is 18.3. The van der Waals surface area contributed by atoms with Gasteiger partial charge in [-0.25, -0.2) is 0 Å². The number of aryl methyl sites for hydroxylation is 1. The minimum absolute atomic E-state index is 0.114. The van der Waals surface area contributed by atoms with Crippen LogP contribution in [-0.2, 0) is 13.7 Å². The Labute approximate surface area is 190 Å². The van der Waals surface area contributed by atoms with E-state index in [-0.39, 0.29) is 18.5 Å². The van der Waals surface area contributed by atoms with E-state index in [1.54, 1.807) is 23.1 Å². The van der Waals surface area contributed by atoms with Gasteiger partial charge in [-0.1, -0.05) is 24.3 Å². The van der Waals surface area contributed by atoms with Gasteiger partial charge in [0.15, 0.2) is 0 Å². The van der Waals surface area contributed by atoms with Crippen molar-refractivity contribution in [2.24, 2.45) is 7.05 Å². The summed E-state index contributed by atoms with van der Waals surface area (Å²) in [5.41, 5.74) is 5.86. The zero-order valence-corrected chi connectivity index (χ0v) is 18.3. The van der Waals surface area contributed by atoms with Crippen LogP contribution in [0.5, 0.6) is 11.9 Å². The number of aromatic nitrogens is 5. The third kappa shape index (κ3) is 4.31. The number of benzene rings is 2. The van der Waals surface area contributed by atoms with E-state index in [0.29, 0.717) is 10.9 Å². The molecule has 0 aliphatic rings. The molecule has 33 heavy (non-hydrogen) atoms. The first-order valence-electron chi connectivity index (χ1n) is 10.4. The Hall–Kier alpha value is -4.46. The summed E-state index contributed by atoms with van der Waals surface area (Å²) in [5, 5.41) is 14.8. The molecule has 0 spiro atoms. The van der Waals surface area contributed by atoms with Crippen LogP contribution in [-0.4, -0.2) is 36.9 Å². The Bertz CT molecular complexity index is 1400. The molecule has 3 heterocycles. The monoisotopic (exact) mass is 438 g/mol. The van der Waals surface area contributed by atoms with Crippen LogP contribution in [0.15, 0.2) is 79.4 Å². The maximum atomic E-state index is 10.1. The molecule has 0 aliphatic heterocycles. The van der Waals surface area contributed by atoms with Crippen molar-refractivity contribution in [3.63, 3.8) is 0 Å². The van der Waals surface area contributed by atoms with E-state index in [4.69, 9.17) is 4.74 Å². The Balaban J connectivity index is 1.25. The third-order valence-corrected chi connectivity index (χ3v) is 5.44. The summed E-state index contributed by atoms with van der Waals surface area (Å²) in [6, 6.07) is 18.2. The summed E-state index contributed by atoms with van der Waals surface area (Å²) >= 11 is 0. The molecule has 5 aromatic rings. The third-order valence-electron chi connectivity index (χ3n) is 5.44. The van der Waals surface area contributed by atoms with Crippen LogP contribution < -0.4 is 9.64 Å². The fourth-order valence-electron chi connectivity index (χ4n) is 3.57. The lowest BCUT2D eigenvalue weighted by atomic mass is 10.1. The maximum absolute atomic E-state index is 10.1. The second-order valence-corrected chi connectivity index (χ2v) is 7.69. The summed E-state index contributed by atoms with van der Waals surface area (Å²) in [5.74, 6) is -0.121. The summed E-state index contributed by atoms with van der Waals surface area (Å²) in [7, 11) is 3.95. The Kier molecular flexibility index (Phi) is 5.32. The molecule has 3 aromatic heterocycles. The molecule has 0 unspecified atom stereocenters. The van der Waals surface area contributed by atoms with Crippen LogP contribution >= 0.6 is 0 Å². The number of anilines is 2. The molecule has 0 aliphatic carbocycles. The first-order valence-corrected chi connectivity index (χ1v) is 10.4. The van der Waals surface area contributed by atoms with Gasteiger partial charge in [0.25, 0.3) is 0 Å². The summed E-state index contributed by atoms with van der Waals surface area (Å²) < 4.78 is 7.49. The van der Waals surface area contributed by atoms with Crippen LogP contribution in [0, 0.1) is 0 Å². The molecule has 8 heteroatoms. The SMILES string of the molecule is CN(c1ccc(COc2nc(O)c3ccncc3n2)cc1)c1ccc(-c2cnn(C)c2)cc1. The van der Waals surface area contributed by atoms with Crippen molar-refractivity contribution in [2.75, 3.05) is 11.9 Å². The predicted octanol–water partition coefficient (Wildman–Crippen LogP) is 4.48. The lowest BCUT2D eigenvalue weighted by Gasteiger charge is -2.20. The van der Waals surface area contributed by atoms with E-state index < -0.39 is 0 Å². The number of nitrogens with zero attached hydrogens (tertiary/aromatic N) is 6. The minimum atomic E-state index is -0.121. The largest absolute Gasteiger partial charge is 0.493 e. The molecule has 1 N–H and O–H groups in total. The number of hydrogen-bond acceptors (Lipinski definition) is 7. The molecule has 8 nitrogen and oxygen atoms in total. The highest BCUT2D eigenvalue weighted by atomic mass is 16.5. The van der Waals surface area contributed by atoms with Crippen molar-refractivity contribution in [1.82, 2.24) is 24.7 Å². The van der Waals surface area contributed by atoms with Crippen LogP contribution in [0.25, 0.3) is 22.0 Å². The number of rotatable bonds is 6. The average Bonchev–Trinajstić information content (AvgIpc) is 3.29. The van der Waals surface area contributed by atoms with Crippen molar-refractivity contribution < 1.29 is 9.84 Å². The van der Waals surface area contributed by atoms with Gasteiger partial charge in [0.05, 0.1) is 23.3 Å². The molecule has 164 valence electrons. The van der Waals surface area contributed by atoms with Gasteiger partial charge >= 0.3 is 6.01 Å². The maximum Gasteiger partial charge on any atom is 0.320 e. The van der Waals surface area contributed by atoms with Gasteiger partial charge in [0.2, 0.25) is 5.88 Å². The molecular formula is C25H22N6O2. The van der Waals surface area contributed by atoms with Gasteiger partial charge in [0.1, 0.15) is 6.61 Å². The molecule has 0 amide bonds. The van der Waals surface area contributed by atoms with E-state index in [1.165, 1.54) is 0 Å². The molecule has 0 radical (unpaired) electrons. The number of fused-ring (bicyclic) bond motifs is 1. The van der Waals surface area contributed by atoms with Gasteiger partial charge in [-0.2, -0.15) is 15.1 Å². The molecule has 0 saturated heterocycles. The number of aromatic hydroxyl groups is 1. The Morgan fingerprint density at radius 2 is 1.64 bits per heavy atom. The van der Waals surface area contributed by atoms with Crippen molar-refractivity contribution in [1.29, 1.82) is 0 Å². The highest BCUT2D eigenvalue weighted by Crippen LogP contribution is 2.27. The van der Waals surface area contributed by atoms with Gasteiger partial charge in [-0.15, -0.1) is 0 Å². The zero-order chi connectivity index (χ0) is 22.8. The quantitative estimate of drug-likeness (QED) is 0.418. The standard InChI is InChI=1S/C25H22N6O2/c1-30-15-19(13-27-30)18-5-9-21(10-6-18)31(2)20-7-3-17(4-8-20)16-33-25-28-23-14-26-12-11-22(23)24(32)29-25/h3-15H,16H2,1-2H3,(H,28,29,32). The van der Waals surface area contributed by atoms with Crippen LogP contribution in [0.3, 0.4) is 0 Å². The molecule has 2 aromatic carbocycles. The Morgan fingerprint density at radius 3 is 2.33 bits per heavy atom. The van der Waals surface area contributed by atoms with Crippen molar-refractivity contribution in [3.05, 3.63) is 84.9 Å². The molecule has 0 atom stereocenters. The summed E-state index contributed by atoms with van der Waals surface area (Å²) in [6.07, 6.45) is 7.01. The van der Waals surface area contributed by atoms with Crippen LogP contribution in [0.2, 0.25) is 0 Å². The smallest absolute Gasteiger partial charge is 0.320 e. The fraction of sp³-hybridized carbons (Fsp3) is 0.120. The second kappa shape index (κ2) is 8.58. The van der Waals surface area contributed by atoms with Crippen molar-refractivity contribution in [3.8, 4) is 23.0 Å². The first-order chi connectivity index (χ1) is 16.1. The molecule has 0 fully saturated rings. The topological polar surface area (TPSA) is 89.2 Å². The van der Waals surface area contributed by atoms with Crippen LogP contribution in [0.4, 0.5) is 11.4 Å². The van der Waals surface area contributed by atoms with Crippen molar-refractivity contribution in [2.45, 2.75) is 6.61 Å². The number of ether oxygens (including phenoxy) is 1. The lowest BCUT2D eigenvalue weighted by Crippen LogP contribution is -2.09. The van der Waals surface area contributed by atoms with E-state index in [1.807, 2.05) is 50.8 Å². The van der Waals surface area contributed by atoms with Crippen molar-refractivity contribution >= 4 is 22.3 Å². The highest BCUT2D eigenvalue weighted by Gasteiger charge is 2.09. The van der Waals surface area contributed by atoms with Crippen LogP contribution in [0.1, 0.15) is 5.56 Å². The normalized spacial score (nSPS) is 11.0. The summed E-state index contributed by atoms with van der Waals surface area (Å²) in [6.45, 7) is 0.287. The number of hydrogen-bond donors (Lipinski definition) is 1. The molecule has 0 bridgehead atoms. The van der Waals surface area contributed by atoms with Gasteiger partial charge in [-0.05, 0) is 41.5 Å². The number of pyridine rings is 1. The van der Waals surface area contributed by atoms with E-state index >= 15 is 0 Å². The van der Waals surface area contributed by atoms with E-state index in [9.17, 15) is 5.11 Å². The molecule has 5 rings (SSSR count). The highest BCUT2D eigenvalue weighted by molar-refractivity contribution is 5.82. The average molecular weight is 438 g/mol.